The number of anilines is 1. The van der Waals surface area contributed by atoms with Gasteiger partial charge in [0.1, 0.15) is 17.3 Å². The Morgan fingerprint density at radius 2 is 1.60 bits per heavy atom. The molecular weight excluding hydrogens is 319 g/mol. The van der Waals surface area contributed by atoms with Crippen molar-refractivity contribution in [1.82, 2.24) is 4.90 Å². The van der Waals surface area contributed by atoms with Crippen LogP contribution in [-0.4, -0.2) is 45.3 Å². The predicted molar refractivity (Wildman–Crippen MR) is 98.2 cm³/mol. The first kappa shape index (κ1) is 17.5. The molecule has 0 aliphatic carbocycles. The summed E-state index contributed by atoms with van der Waals surface area (Å²) in [4.78, 5) is 4.72. The van der Waals surface area contributed by atoms with Crippen molar-refractivity contribution in [3.8, 4) is 11.5 Å². The predicted octanol–water partition coefficient (Wildman–Crippen LogP) is 3.47. The average Bonchev–Trinajstić information content (AvgIpc) is 2.63. The van der Waals surface area contributed by atoms with E-state index in [-0.39, 0.29) is 5.82 Å². The highest BCUT2D eigenvalue weighted by molar-refractivity contribution is 5.49. The first-order valence-electron chi connectivity index (χ1n) is 8.55. The van der Waals surface area contributed by atoms with Crippen LogP contribution in [0, 0.1) is 12.7 Å². The van der Waals surface area contributed by atoms with Gasteiger partial charge in [-0.05, 0) is 37.3 Å². The molecule has 3 rings (SSSR count). The molecule has 4 nitrogen and oxygen atoms in total. The van der Waals surface area contributed by atoms with E-state index in [0.717, 1.165) is 55.5 Å². The summed E-state index contributed by atoms with van der Waals surface area (Å²) < 4.78 is 24.1. The monoisotopic (exact) mass is 344 g/mol. The molecule has 2 aromatic rings. The molecule has 1 saturated heterocycles. The van der Waals surface area contributed by atoms with E-state index >= 15 is 0 Å². The lowest BCUT2D eigenvalue weighted by Crippen LogP contribution is -2.46. The third kappa shape index (κ3) is 3.87. The third-order valence-corrected chi connectivity index (χ3v) is 4.82. The fraction of sp³-hybridized carbons (Fsp3) is 0.400. The Morgan fingerprint density at radius 1 is 0.920 bits per heavy atom. The lowest BCUT2D eigenvalue weighted by atomic mass is 10.1. The summed E-state index contributed by atoms with van der Waals surface area (Å²) in [6.07, 6.45) is 0. The molecule has 25 heavy (non-hydrogen) atoms. The molecule has 0 spiro atoms. The van der Waals surface area contributed by atoms with Crippen molar-refractivity contribution >= 4 is 5.69 Å². The van der Waals surface area contributed by atoms with Gasteiger partial charge < -0.3 is 14.4 Å². The van der Waals surface area contributed by atoms with Crippen molar-refractivity contribution in [3.05, 3.63) is 53.3 Å². The normalized spacial score (nSPS) is 15.3. The first-order valence-corrected chi connectivity index (χ1v) is 8.55. The average molecular weight is 344 g/mol. The standard InChI is InChI=1S/C20H25FN2O2/c1-15-19(24-2)9-4-16(20(15)25-3)14-22-10-12-23(13-11-22)18-7-5-17(21)6-8-18/h4-9H,10-14H2,1-3H3. The van der Waals surface area contributed by atoms with Gasteiger partial charge in [0, 0.05) is 49.5 Å². The molecule has 0 atom stereocenters. The van der Waals surface area contributed by atoms with Crippen molar-refractivity contribution < 1.29 is 13.9 Å². The molecule has 0 amide bonds. The summed E-state index contributed by atoms with van der Waals surface area (Å²) in [5.41, 5.74) is 3.29. The van der Waals surface area contributed by atoms with Crippen molar-refractivity contribution in [2.75, 3.05) is 45.3 Å². The summed E-state index contributed by atoms with van der Waals surface area (Å²) in [5, 5.41) is 0. The van der Waals surface area contributed by atoms with Gasteiger partial charge in [-0.25, -0.2) is 4.39 Å². The van der Waals surface area contributed by atoms with Crippen molar-refractivity contribution in [3.63, 3.8) is 0 Å². The molecule has 0 N–H and O–H groups in total. The zero-order valence-electron chi connectivity index (χ0n) is 15.1. The maximum Gasteiger partial charge on any atom is 0.129 e. The number of nitrogens with zero attached hydrogens (tertiary/aromatic N) is 2. The van der Waals surface area contributed by atoms with Gasteiger partial charge in [0.15, 0.2) is 0 Å². The zero-order valence-corrected chi connectivity index (χ0v) is 15.1. The highest BCUT2D eigenvalue weighted by Crippen LogP contribution is 2.32. The summed E-state index contributed by atoms with van der Waals surface area (Å²) in [5.74, 6) is 1.56. The molecule has 0 unspecified atom stereocenters. The Hall–Kier alpha value is -2.27. The molecule has 2 aromatic carbocycles. The van der Waals surface area contributed by atoms with E-state index in [1.54, 1.807) is 14.2 Å². The number of benzene rings is 2. The maximum atomic E-state index is 13.1. The van der Waals surface area contributed by atoms with E-state index < -0.39 is 0 Å². The van der Waals surface area contributed by atoms with E-state index in [1.807, 2.05) is 25.1 Å². The smallest absolute Gasteiger partial charge is 0.129 e. The molecule has 0 aromatic heterocycles. The number of piperazine rings is 1. The van der Waals surface area contributed by atoms with Crippen LogP contribution < -0.4 is 14.4 Å². The minimum atomic E-state index is -0.190. The van der Waals surface area contributed by atoms with Crippen LogP contribution in [0.1, 0.15) is 11.1 Å². The second-order valence-electron chi connectivity index (χ2n) is 6.32. The van der Waals surface area contributed by atoms with Crippen LogP contribution in [0.4, 0.5) is 10.1 Å². The lowest BCUT2D eigenvalue weighted by Gasteiger charge is -2.36. The Labute approximate surface area is 148 Å². The van der Waals surface area contributed by atoms with Gasteiger partial charge in [-0.3, -0.25) is 4.90 Å². The fourth-order valence-corrected chi connectivity index (χ4v) is 3.42. The lowest BCUT2D eigenvalue weighted by molar-refractivity contribution is 0.245. The van der Waals surface area contributed by atoms with Crippen LogP contribution in [0.25, 0.3) is 0 Å². The van der Waals surface area contributed by atoms with Crippen LogP contribution >= 0.6 is 0 Å². The third-order valence-electron chi connectivity index (χ3n) is 4.82. The second-order valence-corrected chi connectivity index (χ2v) is 6.32. The van der Waals surface area contributed by atoms with Gasteiger partial charge >= 0.3 is 0 Å². The Morgan fingerprint density at radius 3 is 2.20 bits per heavy atom. The number of ether oxygens (including phenoxy) is 2. The van der Waals surface area contributed by atoms with Gasteiger partial charge in [0.2, 0.25) is 0 Å². The van der Waals surface area contributed by atoms with Gasteiger partial charge in [0.25, 0.3) is 0 Å². The van der Waals surface area contributed by atoms with E-state index in [1.165, 1.54) is 17.7 Å². The summed E-state index contributed by atoms with van der Waals surface area (Å²) in [6, 6.07) is 10.8. The summed E-state index contributed by atoms with van der Waals surface area (Å²) >= 11 is 0. The quantitative estimate of drug-likeness (QED) is 0.829. The minimum Gasteiger partial charge on any atom is -0.496 e. The van der Waals surface area contributed by atoms with Crippen molar-refractivity contribution in [2.45, 2.75) is 13.5 Å². The highest BCUT2D eigenvalue weighted by atomic mass is 19.1. The van der Waals surface area contributed by atoms with Crippen molar-refractivity contribution in [2.24, 2.45) is 0 Å². The fourth-order valence-electron chi connectivity index (χ4n) is 3.42. The molecule has 0 saturated carbocycles. The maximum absolute atomic E-state index is 13.1. The SMILES string of the molecule is COc1ccc(CN2CCN(c3ccc(F)cc3)CC2)c(OC)c1C. The highest BCUT2D eigenvalue weighted by Gasteiger charge is 2.20. The topological polar surface area (TPSA) is 24.9 Å². The van der Waals surface area contributed by atoms with Gasteiger partial charge in [-0.15, -0.1) is 0 Å². The van der Waals surface area contributed by atoms with Crippen LogP contribution in [-0.2, 0) is 6.54 Å². The van der Waals surface area contributed by atoms with Gasteiger partial charge in [-0.1, -0.05) is 6.07 Å². The molecule has 5 heteroatoms. The van der Waals surface area contributed by atoms with Crippen LogP contribution in [0.15, 0.2) is 36.4 Å². The number of hydrogen-bond donors (Lipinski definition) is 0. The van der Waals surface area contributed by atoms with Gasteiger partial charge in [-0.2, -0.15) is 0 Å². The van der Waals surface area contributed by atoms with Crippen LogP contribution in [0.2, 0.25) is 0 Å². The van der Waals surface area contributed by atoms with E-state index in [4.69, 9.17) is 9.47 Å². The number of hydrogen-bond acceptors (Lipinski definition) is 4. The zero-order chi connectivity index (χ0) is 17.8. The molecule has 1 heterocycles. The molecule has 134 valence electrons. The minimum absolute atomic E-state index is 0.190. The molecule has 1 aliphatic heterocycles. The second kappa shape index (κ2) is 7.74. The number of methoxy groups -OCH3 is 2. The van der Waals surface area contributed by atoms with Gasteiger partial charge in [0.05, 0.1) is 14.2 Å². The van der Waals surface area contributed by atoms with Crippen molar-refractivity contribution in [1.29, 1.82) is 0 Å². The Kier molecular flexibility index (Phi) is 5.43. The summed E-state index contributed by atoms with van der Waals surface area (Å²) in [7, 11) is 3.38. The molecular formula is C20H25FN2O2. The number of rotatable bonds is 5. The van der Waals surface area contributed by atoms with Crippen LogP contribution in [0.5, 0.6) is 11.5 Å². The largest absolute Gasteiger partial charge is 0.496 e. The molecule has 0 radical (unpaired) electrons. The summed E-state index contributed by atoms with van der Waals surface area (Å²) in [6.45, 7) is 6.67. The van der Waals surface area contributed by atoms with E-state index in [2.05, 4.69) is 15.9 Å². The molecule has 1 aliphatic rings. The Balaban J connectivity index is 1.64. The van der Waals surface area contributed by atoms with E-state index in [0.29, 0.717) is 0 Å². The molecule has 0 bridgehead atoms. The number of halogens is 1. The molecule has 1 fully saturated rings. The van der Waals surface area contributed by atoms with Crippen LogP contribution in [0.3, 0.4) is 0 Å². The first-order chi connectivity index (χ1) is 12.1. The van der Waals surface area contributed by atoms with E-state index in [9.17, 15) is 4.39 Å². The Bertz CT molecular complexity index is 710.